The number of aliphatic hydroxyl groups excluding tert-OH is 1. The molecule has 39 heavy (non-hydrogen) atoms. The summed E-state index contributed by atoms with van der Waals surface area (Å²) in [7, 11) is 0. The van der Waals surface area contributed by atoms with Gasteiger partial charge >= 0.3 is 5.97 Å². The molecule has 0 aromatic heterocycles. The standard InChI is InChI=1S/C29H38FN3O6/c1-19(2)15-32(12-13-34)16-22-8-9-24(25(30)14-22)29(37,38)39-27-7-5-6-20(3)23(27)17-33(18-35)26-10-11-28(36)31-21(26)4/h5-9,14,18-19,26,34,37-38H,4,10-13,15-17H2,1-3H3,(H,31,36). The smallest absolute Gasteiger partial charge is 0.354 e. The van der Waals surface area contributed by atoms with Gasteiger partial charge in [0.05, 0.1) is 18.2 Å². The number of benzene rings is 2. The Morgan fingerprint density at radius 3 is 2.62 bits per heavy atom. The first-order valence-corrected chi connectivity index (χ1v) is 13.0. The Kier molecular flexibility index (Phi) is 10.2. The van der Waals surface area contributed by atoms with Crippen LogP contribution in [0.5, 0.6) is 5.75 Å². The molecule has 1 atom stereocenters. The summed E-state index contributed by atoms with van der Waals surface area (Å²) in [5.74, 6) is -3.61. The molecule has 1 saturated heterocycles. The molecule has 0 bridgehead atoms. The summed E-state index contributed by atoms with van der Waals surface area (Å²) in [5, 5.41) is 33.7. The van der Waals surface area contributed by atoms with Crippen molar-refractivity contribution in [3.05, 3.63) is 76.7 Å². The fraction of sp³-hybridized carbons (Fsp3) is 0.448. The van der Waals surface area contributed by atoms with Gasteiger partial charge in [-0.3, -0.25) is 14.5 Å². The minimum Gasteiger partial charge on any atom is -0.435 e. The van der Waals surface area contributed by atoms with Gasteiger partial charge in [0.15, 0.2) is 0 Å². The van der Waals surface area contributed by atoms with Gasteiger partial charge in [0.25, 0.3) is 0 Å². The lowest BCUT2D eigenvalue weighted by Crippen LogP contribution is -2.45. The SMILES string of the molecule is C=C1NC(=O)CCC1N(C=O)Cc1c(C)cccc1OC(O)(O)c1ccc(CN(CCO)CC(C)C)cc1F. The van der Waals surface area contributed by atoms with Crippen molar-refractivity contribution in [3.8, 4) is 5.75 Å². The van der Waals surface area contributed by atoms with Crippen LogP contribution in [0.4, 0.5) is 4.39 Å². The maximum absolute atomic E-state index is 15.1. The zero-order valence-electron chi connectivity index (χ0n) is 22.7. The monoisotopic (exact) mass is 543 g/mol. The van der Waals surface area contributed by atoms with E-state index >= 15 is 4.39 Å². The lowest BCUT2D eigenvalue weighted by Gasteiger charge is -2.34. The van der Waals surface area contributed by atoms with Crippen molar-refractivity contribution in [2.75, 3.05) is 19.7 Å². The normalized spacial score (nSPS) is 16.0. The molecule has 9 nitrogen and oxygen atoms in total. The van der Waals surface area contributed by atoms with Crippen molar-refractivity contribution in [1.82, 2.24) is 15.1 Å². The van der Waals surface area contributed by atoms with Gasteiger partial charge in [0.2, 0.25) is 12.3 Å². The molecule has 2 amide bonds. The number of hydrogen-bond acceptors (Lipinski definition) is 7. The summed E-state index contributed by atoms with van der Waals surface area (Å²) in [6.07, 6.45) is 1.29. The summed E-state index contributed by atoms with van der Waals surface area (Å²) in [6.45, 7) is 11.3. The van der Waals surface area contributed by atoms with Crippen LogP contribution >= 0.6 is 0 Å². The zero-order valence-corrected chi connectivity index (χ0v) is 22.7. The highest BCUT2D eigenvalue weighted by molar-refractivity contribution is 5.79. The number of halogens is 1. The third-order valence-electron chi connectivity index (χ3n) is 6.67. The Hall–Kier alpha value is -3.31. The van der Waals surface area contributed by atoms with Gasteiger partial charge in [-0.15, -0.1) is 0 Å². The summed E-state index contributed by atoms with van der Waals surface area (Å²) >= 11 is 0. The third-order valence-corrected chi connectivity index (χ3v) is 6.67. The first-order valence-electron chi connectivity index (χ1n) is 13.0. The third kappa shape index (κ3) is 7.86. The molecule has 4 N–H and O–H groups in total. The largest absolute Gasteiger partial charge is 0.435 e. The highest BCUT2D eigenvalue weighted by Crippen LogP contribution is 2.32. The quantitative estimate of drug-likeness (QED) is 0.226. The van der Waals surface area contributed by atoms with Crippen LogP contribution in [0.15, 0.2) is 48.7 Å². The molecular formula is C29H38FN3O6. The van der Waals surface area contributed by atoms with E-state index in [1.165, 1.54) is 23.1 Å². The number of nitrogens with zero attached hydrogens (tertiary/aromatic N) is 2. The zero-order chi connectivity index (χ0) is 28.7. The van der Waals surface area contributed by atoms with E-state index in [1.54, 1.807) is 25.1 Å². The van der Waals surface area contributed by atoms with E-state index in [0.717, 1.165) is 0 Å². The van der Waals surface area contributed by atoms with Crippen LogP contribution in [0.3, 0.4) is 0 Å². The molecule has 2 aromatic carbocycles. The minimum atomic E-state index is -3.00. The predicted molar refractivity (Wildman–Crippen MR) is 143 cm³/mol. The number of aliphatic hydroxyl groups is 3. The number of amides is 2. The van der Waals surface area contributed by atoms with E-state index in [1.807, 2.05) is 4.90 Å². The summed E-state index contributed by atoms with van der Waals surface area (Å²) in [6, 6.07) is 8.57. The van der Waals surface area contributed by atoms with Crippen molar-refractivity contribution in [2.45, 2.75) is 58.7 Å². The van der Waals surface area contributed by atoms with Crippen molar-refractivity contribution in [3.63, 3.8) is 0 Å². The van der Waals surface area contributed by atoms with Crippen molar-refractivity contribution < 1.29 is 34.0 Å². The minimum absolute atomic E-state index is 0.0264. The Morgan fingerprint density at radius 2 is 2.00 bits per heavy atom. The van der Waals surface area contributed by atoms with E-state index in [9.17, 15) is 24.9 Å². The maximum Gasteiger partial charge on any atom is 0.354 e. The van der Waals surface area contributed by atoms with Gasteiger partial charge in [-0.1, -0.05) is 38.6 Å². The first kappa shape index (κ1) is 30.2. The van der Waals surface area contributed by atoms with Gasteiger partial charge in [0, 0.05) is 43.9 Å². The number of rotatable bonds is 13. The maximum atomic E-state index is 15.1. The number of piperidine rings is 1. The molecular weight excluding hydrogens is 505 g/mol. The second-order valence-electron chi connectivity index (χ2n) is 10.3. The van der Waals surface area contributed by atoms with E-state index in [0.29, 0.717) is 60.8 Å². The highest BCUT2D eigenvalue weighted by Gasteiger charge is 2.34. The number of hydrogen-bond donors (Lipinski definition) is 4. The molecule has 1 unspecified atom stereocenters. The average Bonchev–Trinajstić information content (AvgIpc) is 2.84. The molecule has 1 fully saturated rings. The van der Waals surface area contributed by atoms with Crippen LogP contribution in [-0.4, -0.2) is 63.2 Å². The number of nitrogens with one attached hydrogen (secondary N) is 1. The fourth-order valence-corrected chi connectivity index (χ4v) is 4.79. The number of carbonyl (C=O) groups is 2. The number of aryl methyl sites for hydroxylation is 1. The molecule has 0 aliphatic carbocycles. The lowest BCUT2D eigenvalue weighted by molar-refractivity contribution is -0.305. The Bertz CT molecular complexity index is 1190. The molecule has 0 spiro atoms. The molecule has 1 aliphatic heterocycles. The molecule has 10 heteroatoms. The van der Waals surface area contributed by atoms with Crippen molar-refractivity contribution >= 4 is 12.3 Å². The second-order valence-corrected chi connectivity index (χ2v) is 10.3. The molecule has 1 heterocycles. The molecule has 3 rings (SSSR count). The Balaban J connectivity index is 1.82. The molecule has 2 aromatic rings. The number of carbonyl (C=O) groups excluding carboxylic acids is 2. The molecule has 1 aliphatic rings. The second kappa shape index (κ2) is 13.2. The van der Waals surface area contributed by atoms with Crippen LogP contribution in [0.2, 0.25) is 0 Å². The lowest BCUT2D eigenvalue weighted by atomic mass is 10.0. The Morgan fingerprint density at radius 1 is 1.26 bits per heavy atom. The van der Waals surface area contributed by atoms with Crippen LogP contribution in [0.1, 0.15) is 48.9 Å². The van der Waals surface area contributed by atoms with Crippen LogP contribution < -0.4 is 10.1 Å². The molecule has 0 radical (unpaired) electrons. The highest BCUT2D eigenvalue weighted by atomic mass is 19.1. The van der Waals surface area contributed by atoms with Gasteiger partial charge in [-0.05, 0) is 48.6 Å². The van der Waals surface area contributed by atoms with Gasteiger partial charge in [0.1, 0.15) is 11.6 Å². The van der Waals surface area contributed by atoms with Crippen molar-refractivity contribution in [1.29, 1.82) is 0 Å². The van der Waals surface area contributed by atoms with Crippen LogP contribution in [0, 0.1) is 18.7 Å². The summed E-state index contributed by atoms with van der Waals surface area (Å²) in [4.78, 5) is 27.1. The summed E-state index contributed by atoms with van der Waals surface area (Å²) in [5.41, 5.74) is 1.75. The average molecular weight is 544 g/mol. The van der Waals surface area contributed by atoms with Gasteiger partial charge in [-0.25, -0.2) is 4.39 Å². The van der Waals surface area contributed by atoms with E-state index in [2.05, 4.69) is 25.7 Å². The predicted octanol–water partition coefficient (Wildman–Crippen LogP) is 2.51. The first-order chi connectivity index (χ1) is 18.4. The molecule has 212 valence electrons. The van der Waals surface area contributed by atoms with Gasteiger partial charge in [-0.2, -0.15) is 0 Å². The Labute approximate surface area is 228 Å². The van der Waals surface area contributed by atoms with E-state index in [4.69, 9.17) is 4.74 Å². The summed E-state index contributed by atoms with van der Waals surface area (Å²) < 4.78 is 20.7. The van der Waals surface area contributed by atoms with Gasteiger partial charge < -0.3 is 30.3 Å². The van der Waals surface area contributed by atoms with Crippen molar-refractivity contribution in [2.24, 2.45) is 5.92 Å². The van der Waals surface area contributed by atoms with E-state index < -0.39 is 23.4 Å². The topological polar surface area (TPSA) is 123 Å². The van der Waals surface area contributed by atoms with Crippen LogP contribution in [0.25, 0.3) is 0 Å². The number of ether oxygens (including phenoxy) is 1. The fourth-order valence-electron chi connectivity index (χ4n) is 4.79. The van der Waals surface area contributed by atoms with E-state index in [-0.39, 0.29) is 31.2 Å². The molecule has 0 saturated carbocycles. The van der Waals surface area contributed by atoms with Crippen LogP contribution in [-0.2, 0) is 28.7 Å².